The van der Waals surface area contributed by atoms with Crippen molar-refractivity contribution in [2.24, 2.45) is 5.41 Å². The van der Waals surface area contributed by atoms with Crippen LogP contribution in [0.4, 0.5) is 4.39 Å². The molecule has 6 aromatic carbocycles. The summed E-state index contributed by atoms with van der Waals surface area (Å²) < 4.78 is 90.6. The maximum absolute atomic E-state index is 15.9. The van der Waals surface area contributed by atoms with Gasteiger partial charge in [0.15, 0.2) is 0 Å². The fraction of sp³-hybridized carbons (Fsp3) is 0.227. The van der Waals surface area contributed by atoms with E-state index in [1.165, 1.54) is 18.3 Å². The number of fused-ring (bicyclic) bond motifs is 3. The SMILES string of the molecule is [2H]c1cc2c(oc3c(-c4cc(C([2H])([2H])C(C)(C)C)c(C([2H])([2H])C([2H])([2H])c5cc(CC(C)(C)c6ccc(-c7ccccc7)nc6)cc(CC(C)(C)c6ccc(-c7ccccc7)nc6)c5)cn4)cccc32)c(-c2ccccc2)c1F. The smallest absolute Gasteiger partial charge is 0.146 e. The average Bonchev–Trinajstić information content (AvgIpc) is 3.91. The summed E-state index contributed by atoms with van der Waals surface area (Å²) in [5.74, 6) is -0.726. The minimum atomic E-state index is -2.86. The quantitative estimate of drug-likeness (QED) is 0.109. The number of rotatable bonds is 14. The van der Waals surface area contributed by atoms with Crippen molar-refractivity contribution in [1.82, 2.24) is 15.0 Å². The van der Waals surface area contributed by atoms with E-state index in [2.05, 4.69) is 45.9 Å². The van der Waals surface area contributed by atoms with E-state index in [0.717, 1.165) is 44.8 Å². The van der Waals surface area contributed by atoms with E-state index in [9.17, 15) is 8.22 Å². The number of hydrogen-bond donors (Lipinski definition) is 0. The highest BCUT2D eigenvalue weighted by Gasteiger charge is 2.26. The summed E-state index contributed by atoms with van der Waals surface area (Å²) in [6.45, 7) is 13.7. The molecule has 0 saturated carbocycles. The number of aryl methyl sites for hydroxylation is 2. The van der Waals surface area contributed by atoms with Gasteiger partial charge in [-0.25, -0.2) is 4.39 Å². The monoisotopic (exact) mass is 939 g/mol. The van der Waals surface area contributed by atoms with Crippen LogP contribution in [-0.4, -0.2) is 15.0 Å². The van der Waals surface area contributed by atoms with Crippen LogP contribution in [0.2, 0.25) is 0 Å². The lowest BCUT2D eigenvalue weighted by Gasteiger charge is -2.28. The summed E-state index contributed by atoms with van der Waals surface area (Å²) in [5, 5.41) is 1.11. The van der Waals surface area contributed by atoms with Gasteiger partial charge in [-0.15, -0.1) is 0 Å². The zero-order valence-electron chi connectivity index (χ0n) is 48.4. The van der Waals surface area contributed by atoms with Crippen LogP contribution in [0.25, 0.3) is 66.8 Å². The topological polar surface area (TPSA) is 51.8 Å². The Hall–Kier alpha value is -7.50. The van der Waals surface area contributed by atoms with Crippen LogP contribution < -0.4 is 0 Å². The first-order valence-corrected chi connectivity index (χ1v) is 24.3. The van der Waals surface area contributed by atoms with Crippen molar-refractivity contribution in [3.05, 3.63) is 233 Å². The van der Waals surface area contributed by atoms with Gasteiger partial charge in [0.25, 0.3) is 0 Å². The molecule has 0 radical (unpaired) electrons. The Bertz CT molecular complexity index is 3700. The normalized spacial score (nSPS) is 14.3. The first-order chi connectivity index (χ1) is 36.9. The maximum Gasteiger partial charge on any atom is 0.146 e. The van der Waals surface area contributed by atoms with Crippen molar-refractivity contribution in [1.29, 1.82) is 0 Å². The molecule has 4 aromatic heterocycles. The Labute approximate surface area is 428 Å². The molecule has 0 fully saturated rings. The highest BCUT2D eigenvalue weighted by Crippen LogP contribution is 2.41. The molecule has 10 rings (SSSR count). The van der Waals surface area contributed by atoms with Crippen LogP contribution in [0.1, 0.15) is 97.0 Å². The summed E-state index contributed by atoms with van der Waals surface area (Å²) in [6, 6.07) is 50.7. The number of furan rings is 1. The van der Waals surface area contributed by atoms with E-state index < -0.39 is 41.2 Å². The van der Waals surface area contributed by atoms with Crippen LogP contribution >= 0.6 is 0 Å². The van der Waals surface area contributed by atoms with E-state index in [-0.39, 0.29) is 39.6 Å². The summed E-state index contributed by atoms with van der Waals surface area (Å²) in [6.07, 6.45) is -1.85. The second kappa shape index (κ2) is 19.4. The number of para-hydroxylation sites is 1. The van der Waals surface area contributed by atoms with E-state index in [1.807, 2.05) is 97.3 Å². The molecule has 0 aliphatic heterocycles. The lowest BCUT2D eigenvalue weighted by atomic mass is 9.77. The predicted molar refractivity (Wildman–Crippen MR) is 292 cm³/mol. The Kier molecular flexibility index (Phi) is 10.7. The van der Waals surface area contributed by atoms with Crippen molar-refractivity contribution in [3.63, 3.8) is 0 Å². The summed E-state index contributed by atoms with van der Waals surface area (Å²) in [4.78, 5) is 14.5. The first kappa shape index (κ1) is 39.2. The molecule has 4 nitrogen and oxygen atoms in total. The molecule has 5 heteroatoms. The Morgan fingerprint density at radius 1 is 0.493 bits per heavy atom. The molecule has 71 heavy (non-hydrogen) atoms. The minimum absolute atomic E-state index is 0.0667. The van der Waals surface area contributed by atoms with Crippen molar-refractivity contribution >= 4 is 21.9 Å². The molecular weight excluding hydrogens is 870 g/mol. The molecule has 0 saturated heterocycles. The molecule has 4 heterocycles. The molecule has 0 bridgehead atoms. The molecule has 0 unspecified atom stereocenters. The van der Waals surface area contributed by atoms with Crippen LogP contribution in [0.15, 0.2) is 193 Å². The molecule has 0 N–H and O–H groups in total. The number of nitrogens with zero attached hydrogens (tertiary/aromatic N) is 3. The number of benzene rings is 6. The van der Waals surface area contributed by atoms with Gasteiger partial charge in [0, 0.05) is 54.3 Å². The predicted octanol–water partition coefficient (Wildman–Crippen LogP) is 17.0. The Morgan fingerprint density at radius 2 is 1.01 bits per heavy atom. The number of pyridine rings is 3. The summed E-state index contributed by atoms with van der Waals surface area (Å²) >= 11 is 0. The van der Waals surface area contributed by atoms with Gasteiger partial charge in [-0.1, -0.05) is 182 Å². The molecule has 0 spiro atoms. The van der Waals surface area contributed by atoms with E-state index in [4.69, 9.17) is 20.7 Å². The highest BCUT2D eigenvalue weighted by molar-refractivity contribution is 6.13. The van der Waals surface area contributed by atoms with Gasteiger partial charge in [-0.05, 0) is 129 Å². The van der Waals surface area contributed by atoms with Crippen molar-refractivity contribution < 1.29 is 18.4 Å². The van der Waals surface area contributed by atoms with Crippen LogP contribution in [-0.2, 0) is 42.8 Å². The molecule has 0 amide bonds. The number of hydrogen-bond acceptors (Lipinski definition) is 4. The summed E-state index contributed by atoms with van der Waals surface area (Å²) in [7, 11) is 0. The minimum Gasteiger partial charge on any atom is -0.455 e. The third-order valence-corrected chi connectivity index (χ3v) is 13.2. The van der Waals surface area contributed by atoms with E-state index in [0.29, 0.717) is 40.3 Å². The van der Waals surface area contributed by atoms with Gasteiger partial charge in [0.1, 0.15) is 17.0 Å². The molecular formula is C66H62FN3O. The van der Waals surface area contributed by atoms with Gasteiger partial charge in [0.2, 0.25) is 0 Å². The van der Waals surface area contributed by atoms with Gasteiger partial charge >= 0.3 is 0 Å². The zero-order chi connectivity index (χ0) is 55.6. The second-order valence-electron chi connectivity index (χ2n) is 20.9. The fourth-order valence-electron chi connectivity index (χ4n) is 9.60. The van der Waals surface area contributed by atoms with E-state index >= 15 is 4.39 Å². The molecule has 0 aliphatic carbocycles. The van der Waals surface area contributed by atoms with Gasteiger partial charge < -0.3 is 4.42 Å². The maximum atomic E-state index is 15.9. The van der Waals surface area contributed by atoms with Crippen LogP contribution in [0.5, 0.6) is 0 Å². The standard InChI is InChI=1S/C66H62FN3O/c1-64(2,3)40-51-37-60(56-25-17-24-54-55-30-31-57(67)61(63(55)71-62(54)56)49-22-15-10-16-23-49)68-41-50(51)27-26-44-34-45(38-65(4,5)52-28-32-58(69-42-52)47-18-11-8-12-19-47)36-46(35-44)39-66(6,7)53-29-33-59(70-43-53)48-20-13-9-14-21-48/h8-25,28-37,41-43H,26-27,38-40H2,1-7H3/i26D2,27D2,31D,40D2. The van der Waals surface area contributed by atoms with Gasteiger partial charge in [0.05, 0.1) is 24.0 Å². The lowest BCUT2D eigenvalue weighted by molar-refractivity contribution is 0.409. The Morgan fingerprint density at radius 3 is 1.55 bits per heavy atom. The second-order valence-corrected chi connectivity index (χ2v) is 20.9. The molecule has 0 atom stereocenters. The fourth-order valence-corrected chi connectivity index (χ4v) is 9.60. The van der Waals surface area contributed by atoms with Crippen LogP contribution in [0, 0.1) is 11.2 Å². The zero-order valence-corrected chi connectivity index (χ0v) is 41.4. The Balaban J connectivity index is 1.08. The van der Waals surface area contributed by atoms with Gasteiger partial charge in [-0.3, -0.25) is 15.0 Å². The molecule has 10 aromatic rings. The van der Waals surface area contributed by atoms with Crippen LogP contribution in [0.3, 0.4) is 0 Å². The highest BCUT2D eigenvalue weighted by atomic mass is 19.1. The van der Waals surface area contributed by atoms with Crippen molar-refractivity contribution in [3.8, 4) is 44.9 Å². The first-order valence-electron chi connectivity index (χ1n) is 27.8. The van der Waals surface area contributed by atoms with Gasteiger partial charge in [-0.2, -0.15) is 0 Å². The van der Waals surface area contributed by atoms with Crippen molar-refractivity contribution in [2.75, 3.05) is 0 Å². The van der Waals surface area contributed by atoms with Crippen molar-refractivity contribution in [2.45, 2.75) is 91.3 Å². The average molecular weight is 939 g/mol. The largest absolute Gasteiger partial charge is 0.455 e. The summed E-state index contributed by atoms with van der Waals surface area (Å²) in [5.41, 5.74) is 6.97. The number of halogens is 1. The van der Waals surface area contributed by atoms with E-state index in [1.54, 1.807) is 69.3 Å². The molecule has 0 aliphatic rings. The third kappa shape index (κ3) is 10.4. The molecule has 354 valence electrons. The lowest BCUT2D eigenvalue weighted by Crippen LogP contribution is -2.23. The third-order valence-electron chi connectivity index (χ3n) is 13.2. The number of aromatic nitrogens is 3.